The Morgan fingerprint density at radius 1 is 0.895 bits per heavy atom. The van der Waals surface area contributed by atoms with Crippen molar-refractivity contribution in [2.24, 2.45) is 5.73 Å². The van der Waals surface area contributed by atoms with Crippen LogP contribution in [0.2, 0.25) is 0 Å². The molecule has 2 unspecified atom stereocenters. The summed E-state index contributed by atoms with van der Waals surface area (Å²) in [6, 6.07) is 25.8. The van der Waals surface area contributed by atoms with E-state index in [0.29, 0.717) is 29.3 Å². The molecule has 1 aromatic heterocycles. The van der Waals surface area contributed by atoms with E-state index < -0.39 is 5.92 Å². The Balaban J connectivity index is 1.23. The third kappa shape index (κ3) is 4.41. The summed E-state index contributed by atoms with van der Waals surface area (Å²) in [5.74, 6) is 0.823. The molecule has 7 nitrogen and oxygen atoms in total. The number of anilines is 1. The number of nitrogens with two attached hydrogens (primary N) is 1. The predicted octanol–water partition coefficient (Wildman–Crippen LogP) is 5.26. The van der Waals surface area contributed by atoms with Crippen LogP contribution < -0.4 is 15.8 Å². The Labute approximate surface area is 221 Å². The molecule has 6 rings (SSSR count). The van der Waals surface area contributed by atoms with Crippen molar-refractivity contribution in [1.29, 1.82) is 0 Å². The highest BCUT2D eigenvalue weighted by Crippen LogP contribution is 2.45. The van der Waals surface area contributed by atoms with Crippen molar-refractivity contribution in [1.82, 2.24) is 9.88 Å². The largest absolute Gasteiger partial charge is 0.457 e. The lowest BCUT2D eigenvalue weighted by atomic mass is 9.86. The highest BCUT2D eigenvalue weighted by atomic mass is 16.5. The Bertz CT molecular complexity index is 1430. The molecular weight excluding hydrogens is 476 g/mol. The maximum Gasteiger partial charge on any atom is 0.255 e. The van der Waals surface area contributed by atoms with Crippen molar-refractivity contribution in [3.8, 4) is 11.5 Å². The molecule has 0 bridgehead atoms. The molecule has 0 radical (unpaired) electrons. The van der Waals surface area contributed by atoms with E-state index in [2.05, 4.69) is 10.3 Å². The summed E-state index contributed by atoms with van der Waals surface area (Å²) in [4.78, 5) is 32.7. The van der Waals surface area contributed by atoms with Gasteiger partial charge < -0.3 is 20.7 Å². The number of carbonyl (C=O) groups is 2. The molecule has 4 aromatic rings. The normalized spacial score (nSPS) is 17.2. The second kappa shape index (κ2) is 10.1. The van der Waals surface area contributed by atoms with Crippen LogP contribution in [0.1, 0.15) is 51.8 Å². The van der Waals surface area contributed by atoms with Crippen molar-refractivity contribution >= 4 is 17.5 Å². The number of hydrogen-bond acceptors (Lipinski definition) is 5. The minimum atomic E-state index is -0.441. The van der Waals surface area contributed by atoms with Crippen LogP contribution >= 0.6 is 0 Å². The summed E-state index contributed by atoms with van der Waals surface area (Å²) < 4.78 is 6.10. The average molecular weight is 505 g/mol. The van der Waals surface area contributed by atoms with Gasteiger partial charge in [-0.3, -0.25) is 14.6 Å². The van der Waals surface area contributed by atoms with Crippen molar-refractivity contribution in [3.05, 3.63) is 120 Å². The molecule has 7 heteroatoms. The van der Waals surface area contributed by atoms with Crippen LogP contribution in [-0.2, 0) is 4.79 Å². The van der Waals surface area contributed by atoms with Crippen molar-refractivity contribution in [2.45, 2.75) is 30.8 Å². The number of nitrogens with one attached hydrogen (secondary N) is 1. The van der Waals surface area contributed by atoms with Gasteiger partial charge in [0.05, 0.1) is 18.0 Å². The summed E-state index contributed by atoms with van der Waals surface area (Å²) in [5.41, 5.74) is 10.6. The lowest BCUT2D eigenvalue weighted by Crippen LogP contribution is -2.44. The third-order valence-electron chi connectivity index (χ3n) is 7.42. The van der Waals surface area contributed by atoms with Gasteiger partial charge in [-0.15, -0.1) is 0 Å². The molecule has 3 heterocycles. The van der Waals surface area contributed by atoms with Gasteiger partial charge in [-0.1, -0.05) is 48.5 Å². The SMILES string of the molecule is NC(c1ccc(C(=O)Nc2ccncc2)cc1)C1CCCN1C(=O)C1c2ccccc2Oc2ccccc21. The van der Waals surface area contributed by atoms with Crippen LogP contribution in [0.5, 0.6) is 11.5 Å². The van der Waals surface area contributed by atoms with E-state index >= 15 is 0 Å². The first-order valence-corrected chi connectivity index (χ1v) is 12.8. The molecule has 2 aliphatic heterocycles. The fourth-order valence-electron chi connectivity index (χ4n) is 5.50. The molecule has 38 heavy (non-hydrogen) atoms. The summed E-state index contributed by atoms with van der Waals surface area (Å²) in [7, 11) is 0. The lowest BCUT2D eigenvalue weighted by Gasteiger charge is -2.35. The van der Waals surface area contributed by atoms with E-state index in [-0.39, 0.29) is 23.9 Å². The molecule has 2 atom stereocenters. The topological polar surface area (TPSA) is 97.5 Å². The number of carbonyl (C=O) groups excluding carboxylic acids is 2. The number of hydrogen-bond donors (Lipinski definition) is 2. The van der Waals surface area contributed by atoms with Crippen molar-refractivity contribution in [3.63, 3.8) is 0 Å². The molecule has 2 amide bonds. The first-order valence-electron chi connectivity index (χ1n) is 12.8. The second-order valence-electron chi connectivity index (χ2n) is 9.69. The molecule has 1 saturated heterocycles. The number of pyridine rings is 1. The summed E-state index contributed by atoms with van der Waals surface area (Å²) in [5, 5.41) is 2.86. The van der Waals surface area contributed by atoms with Crippen LogP contribution in [0.3, 0.4) is 0 Å². The fraction of sp³-hybridized carbons (Fsp3) is 0.194. The zero-order valence-electron chi connectivity index (χ0n) is 20.8. The number of benzene rings is 3. The highest BCUT2D eigenvalue weighted by molar-refractivity contribution is 6.04. The van der Waals surface area contributed by atoms with Crippen molar-refractivity contribution < 1.29 is 14.3 Å². The number of amides is 2. The number of likely N-dealkylation sites (tertiary alicyclic amines) is 1. The smallest absolute Gasteiger partial charge is 0.255 e. The van der Waals surface area contributed by atoms with Gasteiger partial charge in [-0.05, 0) is 54.8 Å². The highest BCUT2D eigenvalue weighted by Gasteiger charge is 2.41. The Kier molecular flexibility index (Phi) is 6.35. The van der Waals surface area contributed by atoms with E-state index in [4.69, 9.17) is 10.5 Å². The van der Waals surface area contributed by atoms with Crippen molar-refractivity contribution in [2.75, 3.05) is 11.9 Å². The number of fused-ring (bicyclic) bond motifs is 2. The quantitative estimate of drug-likeness (QED) is 0.386. The minimum absolute atomic E-state index is 0.0412. The van der Waals surface area contributed by atoms with Crippen LogP contribution in [-0.4, -0.2) is 34.3 Å². The first-order chi connectivity index (χ1) is 18.6. The molecule has 0 aliphatic carbocycles. The summed E-state index contributed by atoms with van der Waals surface area (Å²) in [6.07, 6.45) is 4.97. The summed E-state index contributed by atoms with van der Waals surface area (Å²) >= 11 is 0. The van der Waals surface area contributed by atoms with E-state index in [9.17, 15) is 9.59 Å². The Morgan fingerprint density at radius 2 is 1.53 bits per heavy atom. The van der Waals surface area contributed by atoms with Gasteiger partial charge in [0.1, 0.15) is 11.5 Å². The van der Waals surface area contributed by atoms with Crippen LogP contribution in [0, 0.1) is 0 Å². The van der Waals surface area contributed by atoms with Gasteiger partial charge in [0, 0.05) is 41.3 Å². The van der Waals surface area contributed by atoms with Crippen LogP contribution in [0.15, 0.2) is 97.3 Å². The number of para-hydroxylation sites is 2. The number of rotatable bonds is 5. The number of aromatic nitrogens is 1. The predicted molar refractivity (Wildman–Crippen MR) is 145 cm³/mol. The third-order valence-corrected chi connectivity index (χ3v) is 7.42. The van der Waals surface area contributed by atoms with Gasteiger partial charge in [-0.25, -0.2) is 0 Å². The van der Waals surface area contributed by atoms with E-state index in [1.165, 1.54) is 0 Å². The first kappa shape index (κ1) is 23.9. The number of nitrogens with zero attached hydrogens (tertiary/aromatic N) is 2. The molecule has 3 aromatic carbocycles. The van der Waals surface area contributed by atoms with Gasteiger partial charge >= 0.3 is 0 Å². The van der Waals surface area contributed by atoms with Gasteiger partial charge in [-0.2, -0.15) is 0 Å². The molecule has 1 fully saturated rings. The molecular formula is C31H28N4O3. The zero-order chi connectivity index (χ0) is 26.1. The van der Waals surface area contributed by atoms with Gasteiger partial charge in [0.15, 0.2) is 0 Å². The molecule has 190 valence electrons. The fourth-order valence-corrected chi connectivity index (χ4v) is 5.50. The van der Waals surface area contributed by atoms with Gasteiger partial charge in [0.25, 0.3) is 5.91 Å². The Hall–Kier alpha value is -4.49. The molecule has 3 N–H and O–H groups in total. The Morgan fingerprint density at radius 3 is 2.18 bits per heavy atom. The van der Waals surface area contributed by atoms with E-state index in [1.54, 1.807) is 36.7 Å². The van der Waals surface area contributed by atoms with Crippen LogP contribution in [0.25, 0.3) is 0 Å². The number of ether oxygens (including phenoxy) is 1. The average Bonchev–Trinajstić information content (AvgIpc) is 3.46. The van der Waals surface area contributed by atoms with Gasteiger partial charge in [0.2, 0.25) is 5.91 Å². The van der Waals surface area contributed by atoms with Crippen LogP contribution in [0.4, 0.5) is 5.69 Å². The minimum Gasteiger partial charge on any atom is -0.457 e. The van der Waals surface area contributed by atoms with E-state index in [0.717, 1.165) is 29.5 Å². The molecule has 0 spiro atoms. The lowest BCUT2D eigenvalue weighted by molar-refractivity contribution is -0.133. The zero-order valence-corrected chi connectivity index (χ0v) is 20.8. The standard InChI is InChI=1S/C31H28N4O3/c32-29(20-11-13-21(14-12-20)30(36)34-22-15-17-33-18-16-22)25-8-5-19-35(25)31(37)28-23-6-1-3-9-26(23)38-27-10-4-2-7-24(27)28/h1-4,6-7,9-18,25,28-29H,5,8,19,32H2,(H,33,34,36). The van der Waals surface area contributed by atoms with E-state index in [1.807, 2.05) is 65.6 Å². The second-order valence-corrected chi connectivity index (χ2v) is 9.69. The molecule has 2 aliphatic rings. The monoisotopic (exact) mass is 504 g/mol. The maximum absolute atomic E-state index is 14.1. The molecule has 0 saturated carbocycles. The maximum atomic E-state index is 14.1. The summed E-state index contributed by atoms with van der Waals surface area (Å²) in [6.45, 7) is 0.658.